The molecule has 21 heavy (non-hydrogen) atoms. The van der Waals surface area contributed by atoms with Gasteiger partial charge in [-0.2, -0.15) is 0 Å². The minimum atomic E-state index is -0.545. The summed E-state index contributed by atoms with van der Waals surface area (Å²) >= 11 is 3.31. The number of methoxy groups -OCH3 is 1. The maximum Gasteiger partial charge on any atom is 0.270 e. The van der Waals surface area contributed by atoms with Crippen molar-refractivity contribution in [2.45, 2.75) is 0 Å². The molecule has 0 fully saturated rings. The molecule has 108 valence electrons. The lowest BCUT2D eigenvalue weighted by molar-refractivity contribution is -0.384. The van der Waals surface area contributed by atoms with Crippen molar-refractivity contribution in [1.29, 1.82) is 0 Å². The Hall–Kier alpha value is -2.41. The molecule has 0 heterocycles. The highest BCUT2D eigenvalue weighted by Crippen LogP contribution is 2.28. The molecule has 0 aromatic heterocycles. The van der Waals surface area contributed by atoms with E-state index in [9.17, 15) is 14.9 Å². The Morgan fingerprint density at radius 3 is 2.71 bits per heavy atom. The van der Waals surface area contributed by atoms with Gasteiger partial charge in [0.05, 0.1) is 17.7 Å². The fourth-order valence-corrected chi connectivity index (χ4v) is 2.06. The van der Waals surface area contributed by atoms with E-state index in [1.807, 2.05) is 0 Å². The molecule has 2 aromatic rings. The van der Waals surface area contributed by atoms with Crippen LogP contribution in [0.5, 0.6) is 5.75 Å². The second-order valence-corrected chi connectivity index (χ2v) is 5.02. The molecular weight excluding hydrogens is 340 g/mol. The normalized spacial score (nSPS) is 10.0. The third-order valence-electron chi connectivity index (χ3n) is 2.73. The lowest BCUT2D eigenvalue weighted by atomic mass is 10.2. The van der Waals surface area contributed by atoms with Gasteiger partial charge in [-0.3, -0.25) is 14.9 Å². The molecule has 2 rings (SSSR count). The Bertz CT molecular complexity index is 703. The van der Waals surface area contributed by atoms with Gasteiger partial charge in [-0.1, -0.05) is 22.0 Å². The van der Waals surface area contributed by atoms with Gasteiger partial charge in [0.2, 0.25) is 0 Å². The standard InChI is InChI=1S/C14H11BrN2O4/c1-21-13-8-10(15)5-6-12(13)16-14(18)9-3-2-4-11(7-9)17(19)20/h2-8H,1H3,(H,16,18). The van der Waals surface area contributed by atoms with Crippen molar-refractivity contribution in [3.05, 3.63) is 62.6 Å². The third-order valence-corrected chi connectivity index (χ3v) is 3.22. The summed E-state index contributed by atoms with van der Waals surface area (Å²) in [5, 5.41) is 13.4. The molecule has 1 N–H and O–H groups in total. The number of hydrogen-bond donors (Lipinski definition) is 1. The van der Waals surface area contributed by atoms with Crippen LogP contribution in [0.4, 0.5) is 11.4 Å². The van der Waals surface area contributed by atoms with Gasteiger partial charge in [-0.05, 0) is 24.3 Å². The zero-order valence-corrected chi connectivity index (χ0v) is 12.6. The lowest BCUT2D eigenvalue weighted by Crippen LogP contribution is -2.12. The molecule has 0 unspecified atom stereocenters. The molecule has 6 nitrogen and oxygen atoms in total. The number of amides is 1. The summed E-state index contributed by atoms with van der Waals surface area (Å²) in [5.41, 5.74) is 0.553. The van der Waals surface area contributed by atoms with E-state index >= 15 is 0 Å². The van der Waals surface area contributed by atoms with Crippen LogP contribution in [-0.4, -0.2) is 17.9 Å². The number of nitro benzene ring substituents is 1. The van der Waals surface area contributed by atoms with E-state index in [1.54, 1.807) is 18.2 Å². The van der Waals surface area contributed by atoms with Crippen molar-refractivity contribution in [3.8, 4) is 5.75 Å². The Morgan fingerprint density at radius 2 is 2.05 bits per heavy atom. The van der Waals surface area contributed by atoms with Gasteiger partial charge in [0.15, 0.2) is 0 Å². The summed E-state index contributed by atoms with van der Waals surface area (Å²) in [5.74, 6) is 0.0440. The Balaban J connectivity index is 2.26. The van der Waals surface area contributed by atoms with Crippen molar-refractivity contribution in [1.82, 2.24) is 0 Å². The number of ether oxygens (including phenoxy) is 1. The predicted octanol–water partition coefficient (Wildman–Crippen LogP) is 3.62. The van der Waals surface area contributed by atoms with E-state index in [0.29, 0.717) is 11.4 Å². The van der Waals surface area contributed by atoms with E-state index in [4.69, 9.17) is 4.74 Å². The zero-order chi connectivity index (χ0) is 15.4. The first-order chi connectivity index (χ1) is 10.0. The highest BCUT2D eigenvalue weighted by atomic mass is 79.9. The van der Waals surface area contributed by atoms with E-state index < -0.39 is 10.8 Å². The molecule has 0 aliphatic carbocycles. The molecule has 0 saturated heterocycles. The van der Waals surface area contributed by atoms with Crippen LogP contribution in [0.15, 0.2) is 46.9 Å². The van der Waals surface area contributed by atoms with E-state index in [1.165, 1.54) is 31.4 Å². The van der Waals surface area contributed by atoms with Gasteiger partial charge in [0.1, 0.15) is 5.75 Å². The summed E-state index contributed by atoms with van der Waals surface area (Å²) in [7, 11) is 1.49. The molecule has 0 aliphatic heterocycles. The zero-order valence-electron chi connectivity index (χ0n) is 11.0. The molecular formula is C14H11BrN2O4. The fourth-order valence-electron chi connectivity index (χ4n) is 1.72. The number of nitro groups is 1. The van der Waals surface area contributed by atoms with Crippen LogP contribution < -0.4 is 10.1 Å². The maximum atomic E-state index is 12.1. The summed E-state index contributed by atoms with van der Waals surface area (Å²) < 4.78 is 5.98. The number of halogens is 1. The summed E-state index contributed by atoms with van der Waals surface area (Å²) in [6, 6.07) is 10.7. The number of carbonyl (C=O) groups is 1. The molecule has 7 heteroatoms. The third kappa shape index (κ3) is 3.57. The number of rotatable bonds is 4. The second-order valence-electron chi connectivity index (χ2n) is 4.11. The summed E-state index contributed by atoms with van der Waals surface area (Å²) in [6.45, 7) is 0. The van der Waals surface area contributed by atoms with Crippen LogP contribution in [0.25, 0.3) is 0 Å². The van der Waals surface area contributed by atoms with E-state index in [0.717, 1.165) is 4.47 Å². The topological polar surface area (TPSA) is 81.5 Å². The maximum absolute atomic E-state index is 12.1. The van der Waals surface area contributed by atoms with Crippen LogP contribution in [0.3, 0.4) is 0 Å². The minimum absolute atomic E-state index is 0.134. The summed E-state index contributed by atoms with van der Waals surface area (Å²) in [6.07, 6.45) is 0. The van der Waals surface area contributed by atoms with Gasteiger partial charge in [0.25, 0.3) is 11.6 Å². The minimum Gasteiger partial charge on any atom is -0.495 e. The monoisotopic (exact) mass is 350 g/mol. The van der Waals surface area contributed by atoms with Crippen molar-refractivity contribution in [3.63, 3.8) is 0 Å². The summed E-state index contributed by atoms with van der Waals surface area (Å²) in [4.78, 5) is 22.3. The van der Waals surface area contributed by atoms with Crippen LogP contribution in [0, 0.1) is 10.1 Å². The number of nitrogens with zero attached hydrogens (tertiary/aromatic N) is 1. The molecule has 0 saturated carbocycles. The number of hydrogen-bond acceptors (Lipinski definition) is 4. The molecule has 0 atom stereocenters. The van der Waals surface area contributed by atoms with Gasteiger partial charge in [0, 0.05) is 22.2 Å². The largest absolute Gasteiger partial charge is 0.495 e. The molecule has 2 aromatic carbocycles. The quantitative estimate of drug-likeness (QED) is 0.674. The SMILES string of the molecule is COc1cc(Br)ccc1NC(=O)c1cccc([N+](=O)[O-])c1. The van der Waals surface area contributed by atoms with Gasteiger partial charge in [-0.15, -0.1) is 0 Å². The average Bonchev–Trinajstić information content (AvgIpc) is 2.49. The second kappa shape index (κ2) is 6.36. The van der Waals surface area contributed by atoms with Crippen molar-refractivity contribution in [2.75, 3.05) is 12.4 Å². The van der Waals surface area contributed by atoms with Gasteiger partial charge in [-0.25, -0.2) is 0 Å². The van der Waals surface area contributed by atoms with Crippen molar-refractivity contribution < 1.29 is 14.5 Å². The smallest absolute Gasteiger partial charge is 0.270 e. The van der Waals surface area contributed by atoms with Crippen LogP contribution >= 0.6 is 15.9 Å². The Morgan fingerprint density at radius 1 is 1.29 bits per heavy atom. The van der Waals surface area contributed by atoms with Crippen LogP contribution in [-0.2, 0) is 0 Å². The number of non-ortho nitro benzene ring substituents is 1. The highest BCUT2D eigenvalue weighted by Gasteiger charge is 2.13. The predicted molar refractivity (Wildman–Crippen MR) is 81.7 cm³/mol. The highest BCUT2D eigenvalue weighted by molar-refractivity contribution is 9.10. The van der Waals surface area contributed by atoms with Gasteiger partial charge < -0.3 is 10.1 Å². The van der Waals surface area contributed by atoms with Crippen molar-refractivity contribution >= 4 is 33.2 Å². The Kier molecular flexibility index (Phi) is 4.54. The van der Waals surface area contributed by atoms with Gasteiger partial charge >= 0.3 is 0 Å². The van der Waals surface area contributed by atoms with E-state index in [2.05, 4.69) is 21.2 Å². The molecule has 0 spiro atoms. The fraction of sp³-hybridized carbons (Fsp3) is 0.0714. The molecule has 0 bridgehead atoms. The molecule has 0 radical (unpaired) electrons. The number of benzene rings is 2. The molecule has 1 amide bonds. The first kappa shape index (κ1) is 15.0. The molecule has 0 aliphatic rings. The van der Waals surface area contributed by atoms with Crippen LogP contribution in [0.2, 0.25) is 0 Å². The average molecular weight is 351 g/mol. The Labute approximate surface area is 129 Å². The number of anilines is 1. The first-order valence-electron chi connectivity index (χ1n) is 5.90. The number of carbonyl (C=O) groups excluding carboxylic acids is 1. The number of nitrogens with one attached hydrogen (secondary N) is 1. The van der Waals surface area contributed by atoms with Crippen LogP contribution in [0.1, 0.15) is 10.4 Å². The first-order valence-corrected chi connectivity index (χ1v) is 6.70. The van der Waals surface area contributed by atoms with E-state index in [-0.39, 0.29) is 11.3 Å². The lowest BCUT2D eigenvalue weighted by Gasteiger charge is -2.10. The van der Waals surface area contributed by atoms with Crippen molar-refractivity contribution in [2.24, 2.45) is 0 Å².